The van der Waals surface area contributed by atoms with Crippen LogP contribution in [0.25, 0.3) is 0 Å². The molecule has 1 atom stereocenters. The molecule has 1 unspecified atom stereocenters. The van der Waals surface area contributed by atoms with Crippen molar-refractivity contribution >= 4 is 0 Å². The molecule has 3 rings (SSSR count). The van der Waals surface area contributed by atoms with Gasteiger partial charge in [0.05, 0.1) is 24.7 Å². The number of benzene rings is 1. The third-order valence-electron chi connectivity index (χ3n) is 3.18. The van der Waals surface area contributed by atoms with Gasteiger partial charge in [0.25, 0.3) is 0 Å². The lowest BCUT2D eigenvalue weighted by atomic mass is 10.0. The van der Waals surface area contributed by atoms with Gasteiger partial charge in [-0.25, -0.2) is 0 Å². The monoisotopic (exact) mass is 243 g/mol. The zero-order chi connectivity index (χ0) is 12.4. The van der Waals surface area contributed by atoms with Gasteiger partial charge in [-0.2, -0.15) is 0 Å². The average Bonchev–Trinajstić information content (AvgIpc) is 3.04. The van der Waals surface area contributed by atoms with Crippen LogP contribution in [0, 0.1) is 0 Å². The molecule has 1 fully saturated rings. The molecule has 1 aromatic heterocycles. The molecule has 2 aromatic rings. The maximum atomic E-state index is 5.83. The van der Waals surface area contributed by atoms with Gasteiger partial charge in [-0.05, 0) is 43.7 Å². The van der Waals surface area contributed by atoms with Crippen molar-refractivity contribution in [2.75, 3.05) is 7.05 Å². The van der Waals surface area contributed by atoms with Gasteiger partial charge in [-0.3, -0.25) is 0 Å². The van der Waals surface area contributed by atoms with Crippen LogP contribution in [0.3, 0.4) is 0 Å². The summed E-state index contributed by atoms with van der Waals surface area (Å²) >= 11 is 0. The fourth-order valence-electron chi connectivity index (χ4n) is 2.11. The maximum absolute atomic E-state index is 5.83. The number of nitrogens with one attached hydrogen (secondary N) is 1. The normalized spacial score (nSPS) is 16.5. The Morgan fingerprint density at radius 1 is 1.28 bits per heavy atom. The van der Waals surface area contributed by atoms with Crippen LogP contribution < -0.4 is 10.1 Å². The van der Waals surface area contributed by atoms with Gasteiger partial charge < -0.3 is 14.5 Å². The van der Waals surface area contributed by atoms with Crippen LogP contribution in [-0.2, 0) is 0 Å². The lowest BCUT2D eigenvalue weighted by Gasteiger charge is -2.16. The highest BCUT2D eigenvalue weighted by molar-refractivity contribution is 5.35. The van der Waals surface area contributed by atoms with Crippen molar-refractivity contribution in [3.8, 4) is 5.75 Å². The number of furan rings is 1. The summed E-state index contributed by atoms with van der Waals surface area (Å²) < 4.78 is 11.0. The van der Waals surface area contributed by atoms with Crippen molar-refractivity contribution in [2.45, 2.75) is 25.0 Å². The standard InChI is InChI=1S/C15H17NO2/c1-16-15(12-7-8-17-10-12)11-3-2-4-14(9-11)18-13-5-6-13/h2-4,7-10,13,15-16H,5-6H2,1H3. The van der Waals surface area contributed by atoms with E-state index in [2.05, 4.69) is 17.4 Å². The van der Waals surface area contributed by atoms with E-state index in [9.17, 15) is 0 Å². The Kier molecular flexibility index (Phi) is 3.07. The van der Waals surface area contributed by atoms with Gasteiger partial charge in [0.2, 0.25) is 0 Å². The fourth-order valence-corrected chi connectivity index (χ4v) is 2.11. The Morgan fingerprint density at radius 3 is 2.83 bits per heavy atom. The topological polar surface area (TPSA) is 34.4 Å². The van der Waals surface area contributed by atoms with Crippen molar-refractivity contribution in [1.82, 2.24) is 5.32 Å². The molecule has 0 saturated heterocycles. The summed E-state index contributed by atoms with van der Waals surface area (Å²) in [6.45, 7) is 0. The van der Waals surface area contributed by atoms with Crippen LogP contribution in [-0.4, -0.2) is 13.2 Å². The fraction of sp³-hybridized carbons (Fsp3) is 0.333. The van der Waals surface area contributed by atoms with Gasteiger partial charge in [0, 0.05) is 5.56 Å². The Bertz CT molecular complexity index is 503. The summed E-state index contributed by atoms with van der Waals surface area (Å²) in [6.07, 6.45) is 6.27. The van der Waals surface area contributed by atoms with Crippen LogP contribution in [0.1, 0.15) is 30.0 Å². The zero-order valence-electron chi connectivity index (χ0n) is 10.4. The van der Waals surface area contributed by atoms with Gasteiger partial charge in [-0.15, -0.1) is 0 Å². The van der Waals surface area contributed by atoms with Gasteiger partial charge in [-0.1, -0.05) is 12.1 Å². The number of ether oxygens (including phenoxy) is 1. The van der Waals surface area contributed by atoms with Crippen LogP contribution in [0.2, 0.25) is 0 Å². The second-order valence-electron chi connectivity index (χ2n) is 4.67. The summed E-state index contributed by atoms with van der Waals surface area (Å²) in [5.41, 5.74) is 2.32. The van der Waals surface area contributed by atoms with Crippen LogP contribution in [0.5, 0.6) is 5.75 Å². The highest BCUT2D eigenvalue weighted by Gasteiger charge is 2.23. The molecule has 3 nitrogen and oxygen atoms in total. The molecule has 0 aliphatic heterocycles. The van der Waals surface area contributed by atoms with E-state index in [4.69, 9.17) is 9.15 Å². The molecule has 18 heavy (non-hydrogen) atoms. The lowest BCUT2D eigenvalue weighted by molar-refractivity contribution is 0.302. The number of hydrogen-bond donors (Lipinski definition) is 1. The van der Waals surface area contributed by atoms with Gasteiger partial charge in [0.1, 0.15) is 5.75 Å². The molecule has 94 valence electrons. The van der Waals surface area contributed by atoms with Crippen LogP contribution >= 0.6 is 0 Å². The highest BCUT2D eigenvalue weighted by Crippen LogP contribution is 2.29. The number of rotatable bonds is 5. The van der Waals surface area contributed by atoms with E-state index in [1.165, 1.54) is 18.4 Å². The second-order valence-corrected chi connectivity index (χ2v) is 4.67. The molecule has 1 aliphatic rings. The van der Waals surface area contributed by atoms with Crippen molar-refractivity contribution in [3.63, 3.8) is 0 Å². The second kappa shape index (κ2) is 4.86. The van der Waals surface area contributed by atoms with Gasteiger partial charge in [0.15, 0.2) is 0 Å². The molecule has 3 heteroatoms. The molecule has 0 amide bonds. The first-order chi connectivity index (χ1) is 8.86. The summed E-state index contributed by atoms with van der Waals surface area (Å²) in [7, 11) is 1.95. The molecule has 1 aliphatic carbocycles. The van der Waals surface area contributed by atoms with E-state index in [1.54, 1.807) is 12.5 Å². The van der Waals surface area contributed by atoms with E-state index >= 15 is 0 Å². The summed E-state index contributed by atoms with van der Waals surface area (Å²) in [4.78, 5) is 0. The van der Waals surface area contributed by atoms with Crippen molar-refractivity contribution in [3.05, 3.63) is 54.0 Å². The Morgan fingerprint density at radius 2 is 2.17 bits per heavy atom. The van der Waals surface area contributed by atoms with Crippen molar-refractivity contribution < 1.29 is 9.15 Å². The molecular formula is C15H17NO2. The molecule has 0 spiro atoms. The predicted molar refractivity (Wildman–Crippen MR) is 69.7 cm³/mol. The third kappa shape index (κ3) is 2.41. The van der Waals surface area contributed by atoms with Crippen molar-refractivity contribution in [1.29, 1.82) is 0 Å². The first-order valence-corrected chi connectivity index (χ1v) is 6.33. The average molecular weight is 243 g/mol. The molecule has 1 heterocycles. The summed E-state index contributed by atoms with van der Waals surface area (Å²) in [5, 5.41) is 3.30. The molecule has 1 saturated carbocycles. The minimum Gasteiger partial charge on any atom is -0.490 e. The third-order valence-corrected chi connectivity index (χ3v) is 3.18. The van der Waals surface area contributed by atoms with E-state index in [1.807, 2.05) is 25.2 Å². The lowest BCUT2D eigenvalue weighted by Crippen LogP contribution is -2.17. The molecule has 1 N–H and O–H groups in total. The molecule has 0 radical (unpaired) electrons. The first-order valence-electron chi connectivity index (χ1n) is 6.33. The van der Waals surface area contributed by atoms with E-state index in [0.29, 0.717) is 6.10 Å². The SMILES string of the molecule is CNC(c1ccoc1)c1cccc(OC2CC2)c1. The van der Waals surface area contributed by atoms with E-state index < -0.39 is 0 Å². The molecule has 0 bridgehead atoms. The molecular weight excluding hydrogens is 226 g/mol. The van der Waals surface area contributed by atoms with Crippen LogP contribution in [0.4, 0.5) is 0 Å². The smallest absolute Gasteiger partial charge is 0.120 e. The van der Waals surface area contributed by atoms with Crippen LogP contribution in [0.15, 0.2) is 47.3 Å². The van der Waals surface area contributed by atoms with E-state index in [-0.39, 0.29) is 6.04 Å². The summed E-state index contributed by atoms with van der Waals surface area (Å²) in [5.74, 6) is 0.957. The van der Waals surface area contributed by atoms with Crippen molar-refractivity contribution in [2.24, 2.45) is 0 Å². The predicted octanol–water partition coefficient (Wildman–Crippen LogP) is 3.13. The number of hydrogen-bond acceptors (Lipinski definition) is 3. The minimum absolute atomic E-state index is 0.145. The summed E-state index contributed by atoms with van der Waals surface area (Å²) in [6, 6.07) is 10.4. The van der Waals surface area contributed by atoms with E-state index in [0.717, 1.165) is 11.3 Å². The van der Waals surface area contributed by atoms with Gasteiger partial charge >= 0.3 is 0 Å². The zero-order valence-corrected chi connectivity index (χ0v) is 10.4. The quantitative estimate of drug-likeness (QED) is 0.876. The minimum atomic E-state index is 0.145. The largest absolute Gasteiger partial charge is 0.490 e. The molecule has 1 aromatic carbocycles. The highest BCUT2D eigenvalue weighted by atomic mass is 16.5. The maximum Gasteiger partial charge on any atom is 0.120 e. The Hall–Kier alpha value is -1.74. The Balaban J connectivity index is 1.84. The first kappa shape index (κ1) is 11.4. The Labute approximate surface area is 107 Å².